The van der Waals surface area contributed by atoms with Crippen molar-refractivity contribution in [3.63, 3.8) is 0 Å². The van der Waals surface area contributed by atoms with Crippen LogP contribution in [0.2, 0.25) is 5.02 Å². The van der Waals surface area contributed by atoms with Crippen LogP contribution in [0.4, 0.5) is 13.2 Å². The third-order valence-electron chi connectivity index (χ3n) is 6.60. The molecule has 7 nitrogen and oxygen atoms in total. The number of hydrogen-bond acceptors (Lipinski definition) is 5. The highest BCUT2D eigenvalue weighted by atomic mass is 35.5. The van der Waals surface area contributed by atoms with Crippen molar-refractivity contribution in [3.05, 3.63) is 28.8 Å². The van der Waals surface area contributed by atoms with Crippen LogP contribution >= 0.6 is 11.6 Å². The number of piperazine rings is 1. The molecule has 0 unspecified atom stereocenters. The van der Waals surface area contributed by atoms with Crippen molar-refractivity contribution in [2.24, 2.45) is 5.41 Å². The van der Waals surface area contributed by atoms with Crippen LogP contribution in [0.25, 0.3) is 0 Å². The molecule has 0 atom stereocenters. The summed E-state index contributed by atoms with van der Waals surface area (Å²) in [6.07, 6.45) is -1.16. The van der Waals surface area contributed by atoms with Crippen molar-refractivity contribution >= 4 is 33.4 Å². The molecular formula is C20H23ClF3N3O4S. The van der Waals surface area contributed by atoms with Gasteiger partial charge in [0.2, 0.25) is 21.8 Å². The Morgan fingerprint density at radius 3 is 2.25 bits per heavy atom. The van der Waals surface area contributed by atoms with Crippen LogP contribution in [0, 0.1) is 5.41 Å². The predicted octanol–water partition coefficient (Wildman–Crippen LogP) is 2.94. The zero-order valence-corrected chi connectivity index (χ0v) is 18.8. The van der Waals surface area contributed by atoms with Crippen LogP contribution in [0.1, 0.15) is 37.7 Å². The molecule has 0 aromatic heterocycles. The van der Waals surface area contributed by atoms with Gasteiger partial charge in [-0.2, -0.15) is 17.5 Å². The summed E-state index contributed by atoms with van der Waals surface area (Å²) in [5.41, 5.74) is -1.66. The third kappa shape index (κ3) is 4.15. The number of halogens is 4. The fourth-order valence-electron chi connectivity index (χ4n) is 4.77. The summed E-state index contributed by atoms with van der Waals surface area (Å²) in [5.74, 6) is -0.353. The Bertz CT molecular complexity index is 1030. The second kappa shape index (κ2) is 8.27. The van der Waals surface area contributed by atoms with Gasteiger partial charge in [0.15, 0.2) is 0 Å². The second-order valence-corrected chi connectivity index (χ2v) is 10.9. The van der Waals surface area contributed by atoms with Crippen molar-refractivity contribution < 1.29 is 31.2 Å². The Hall–Kier alpha value is -1.69. The Kier molecular flexibility index (Phi) is 6.06. The standard InChI is InChI=1S/C20H23ClF3N3O4S/c21-15-4-3-14(20(22,23)24)11-16(15)32(30,31)26-9-7-25(8-10-26)13-27-17(28)12-19(18(27)29)5-1-2-6-19/h3-4,11H,1-2,5-10,12-13H2. The quantitative estimate of drug-likeness (QED) is 0.603. The molecular weight excluding hydrogens is 471 g/mol. The molecule has 2 aliphatic heterocycles. The third-order valence-corrected chi connectivity index (χ3v) is 8.98. The molecule has 0 bridgehead atoms. The Morgan fingerprint density at radius 2 is 1.66 bits per heavy atom. The molecule has 3 aliphatic rings. The molecule has 2 saturated heterocycles. The Labute approximate surface area is 189 Å². The molecule has 4 rings (SSSR count). The number of benzene rings is 1. The summed E-state index contributed by atoms with van der Waals surface area (Å²) >= 11 is 5.92. The van der Waals surface area contributed by atoms with E-state index in [1.807, 2.05) is 4.90 Å². The average Bonchev–Trinajstić information content (AvgIpc) is 3.28. The minimum absolute atomic E-state index is 0.0102. The summed E-state index contributed by atoms with van der Waals surface area (Å²) < 4.78 is 66.1. The number of carbonyl (C=O) groups is 2. The number of likely N-dealkylation sites (tertiary alicyclic amines) is 1. The molecule has 1 spiro atoms. The highest BCUT2D eigenvalue weighted by Crippen LogP contribution is 2.46. The van der Waals surface area contributed by atoms with Gasteiger partial charge in [-0.15, -0.1) is 0 Å². The predicted molar refractivity (Wildman–Crippen MR) is 109 cm³/mol. The summed E-state index contributed by atoms with van der Waals surface area (Å²) in [7, 11) is -4.24. The summed E-state index contributed by atoms with van der Waals surface area (Å²) in [5, 5.41) is -0.282. The average molecular weight is 494 g/mol. The number of alkyl halides is 3. The normalized spacial score (nSPS) is 22.9. The highest BCUT2D eigenvalue weighted by molar-refractivity contribution is 7.89. The van der Waals surface area contributed by atoms with E-state index in [0.29, 0.717) is 6.07 Å². The van der Waals surface area contributed by atoms with Crippen molar-refractivity contribution in [3.8, 4) is 0 Å². The van der Waals surface area contributed by atoms with Crippen molar-refractivity contribution in [2.75, 3.05) is 32.8 Å². The van der Waals surface area contributed by atoms with Crippen LogP contribution in [0.3, 0.4) is 0 Å². The first-order valence-electron chi connectivity index (χ1n) is 10.4. The first-order chi connectivity index (χ1) is 14.9. The van der Waals surface area contributed by atoms with Crippen LogP contribution in [0.15, 0.2) is 23.1 Å². The summed E-state index contributed by atoms with van der Waals surface area (Å²) in [6, 6.07) is 2.21. The molecule has 1 aromatic carbocycles. The largest absolute Gasteiger partial charge is 0.416 e. The smallest absolute Gasteiger partial charge is 0.283 e. The lowest BCUT2D eigenvalue weighted by atomic mass is 9.85. The van der Waals surface area contributed by atoms with Gasteiger partial charge < -0.3 is 0 Å². The molecule has 32 heavy (non-hydrogen) atoms. The first kappa shape index (κ1) is 23.5. The van der Waals surface area contributed by atoms with E-state index in [1.54, 1.807) is 0 Å². The molecule has 12 heteroatoms. The molecule has 3 fully saturated rings. The van der Waals surface area contributed by atoms with E-state index in [0.717, 1.165) is 42.1 Å². The topological polar surface area (TPSA) is 78.0 Å². The monoisotopic (exact) mass is 493 g/mol. The van der Waals surface area contributed by atoms with E-state index in [1.165, 1.54) is 4.90 Å². The lowest BCUT2D eigenvalue weighted by Gasteiger charge is -2.36. The van der Waals surface area contributed by atoms with Crippen molar-refractivity contribution in [2.45, 2.75) is 43.2 Å². The van der Waals surface area contributed by atoms with Gasteiger partial charge in [-0.3, -0.25) is 19.4 Å². The number of carbonyl (C=O) groups excluding carboxylic acids is 2. The lowest BCUT2D eigenvalue weighted by molar-refractivity contribution is -0.144. The second-order valence-electron chi connectivity index (χ2n) is 8.60. The number of hydrogen-bond donors (Lipinski definition) is 0. The maximum absolute atomic E-state index is 13.0. The number of nitrogens with zero attached hydrogens (tertiary/aromatic N) is 3. The zero-order valence-electron chi connectivity index (χ0n) is 17.2. The van der Waals surface area contributed by atoms with E-state index < -0.39 is 32.1 Å². The minimum atomic E-state index is -4.70. The number of amides is 2. The van der Waals surface area contributed by atoms with E-state index >= 15 is 0 Å². The SMILES string of the molecule is O=C1CC2(CCCC2)C(=O)N1CN1CCN(S(=O)(=O)c2cc(C(F)(F)F)ccc2Cl)CC1. The molecule has 1 aromatic rings. The Balaban J connectivity index is 1.43. The van der Waals surface area contributed by atoms with E-state index in [4.69, 9.17) is 11.6 Å². The zero-order chi connectivity index (χ0) is 23.3. The van der Waals surface area contributed by atoms with E-state index in [2.05, 4.69) is 0 Å². The lowest BCUT2D eigenvalue weighted by Crippen LogP contribution is -2.52. The highest BCUT2D eigenvalue weighted by Gasteiger charge is 2.52. The van der Waals surface area contributed by atoms with Crippen molar-refractivity contribution in [1.82, 2.24) is 14.1 Å². The van der Waals surface area contributed by atoms with Gasteiger partial charge in [-0.05, 0) is 31.0 Å². The van der Waals surface area contributed by atoms with Gasteiger partial charge in [-0.1, -0.05) is 24.4 Å². The van der Waals surface area contributed by atoms with Gasteiger partial charge >= 0.3 is 6.18 Å². The molecule has 176 valence electrons. The van der Waals surface area contributed by atoms with Crippen LogP contribution in [-0.2, 0) is 25.8 Å². The fourth-order valence-corrected chi connectivity index (χ4v) is 6.70. The fraction of sp³-hybridized carbons (Fsp3) is 0.600. The van der Waals surface area contributed by atoms with Gasteiger partial charge in [0.25, 0.3) is 0 Å². The molecule has 1 saturated carbocycles. The molecule has 2 amide bonds. The van der Waals surface area contributed by atoms with Crippen molar-refractivity contribution in [1.29, 1.82) is 0 Å². The van der Waals surface area contributed by atoms with Gasteiger partial charge in [0, 0.05) is 32.6 Å². The Morgan fingerprint density at radius 1 is 1.03 bits per heavy atom. The molecule has 0 radical (unpaired) electrons. The number of sulfonamides is 1. The van der Waals surface area contributed by atoms with Gasteiger partial charge in [-0.25, -0.2) is 8.42 Å². The van der Waals surface area contributed by atoms with E-state index in [9.17, 15) is 31.2 Å². The molecule has 2 heterocycles. The van der Waals surface area contributed by atoms with E-state index in [-0.39, 0.29) is 56.1 Å². The number of imide groups is 1. The van der Waals surface area contributed by atoms with Crippen LogP contribution < -0.4 is 0 Å². The van der Waals surface area contributed by atoms with Gasteiger partial charge in [0.05, 0.1) is 22.7 Å². The molecule has 0 N–H and O–H groups in total. The maximum Gasteiger partial charge on any atom is 0.416 e. The molecule has 1 aliphatic carbocycles. The maximum atomic E-state index is 13.0. The van der Waals surface area contributed by atoms with Crippen LogP contribution in [-0.4, -0.2) is 67.2 Å². The van der Waals surface area contributed by atoms with Crippen LogP contribution in [0.5, 0.6) is 0 Å². The number of rotatable bonds is 4. The minimum Gasteiger partial charge on any atom is -0.283 e. The summed E-state index contributed by atoms with van der Waals surface area (Å²) in [4.78, 5) is 27.8. The summed E-state index contributed by atoms with van der Waals surface area (Å²) in [6.45, 7) is 0.587. The first-order valence-corrected chi connectivity index (χ1v) is 12.2. The van der Waals surface area contributed by atoms with Gasteiger partial charge in [0.1, 0.15) is 4.90 Å².